The van der Waals surface area contributed by atoms with E-state index in [2.05, 4.69) is 9.71 Å². The van der Waals surface area contributed by atoms with Crippen LogP contribution in [0.15, 0.2) is 23.0 Å². The molecule has 1 aromatic heterocycles. The van der Waals surface area contributed by atoms with Crippen LogP contribution in [0.1, 0.15) is 5.56 Å². The predicted octanol–water partition coefficient (Wildman–Crippen LogP) is 0.238. The normalized spacial score (nSPS) is 14.3. The monoisotopic (exact) mass is 353 g/mol. The lowest BCUT2D eigenvalue weighted by Crippen LogP contribution is -2.37. The van der Waals surface area contributed by atoms with E-state index in [1.165, 1.54) is 14.1 Å². The van der Waals surface area contributed by atoms with Crippen molar-refractivity contribution in [3.05, 3.63) is 34.1 Å². The highest BCUT2D eigenvalue weighted by atomic mass is 32.2. The fourth-order valence-electron chi connectivity index (χ4n) is 2.42. The van der Waals surface area contributed by atoms with Crippen molar-refractivity contribution < 1.29 is 17.9 Å². The lowest BCUT2D eigenvalue weighted by atomic mass is 10.1. The first-order valence-corrected chi connectivity index (χ1v) is 8.93. The van der Waals surface area contributed by atoms with Crippen molar-refractivity contribution in [3.63, 3.8) is 0 Å². The lowest BCUT2D eigenvalue weighted by molar-refractivity contribution is 0.172. The predicted molar refractivity (Wildman–Crippen MR) is 89.9 cm³/mol. The topological polar surface area (TPSA) is 101 Å². The first-order chi connectivity index (χ1) is 11.4. The molecular weight excluding hydrogens is 334 g/mol. The second-order valence-electron chi connectivity index (χ2n) is 5.64. The van der Waals surface area contributed by atoms with Crippen LogP contribution in [0.25, 0.3) is 10.9 Å². The van der Waals surface area contributed by atoms with E-state index in [1.807, 2.05) is 6.07 Å². The van der Waals surface area contributed by atoms with Crippen LogP contribution >= 0.6 is 0 Å². The molecule has 2 heterocycles. The molecule has 8 nitrogen and oxygen atoms in total. The molecule has 0 saturated heterocycles. The Morgan fingerprint density at radius 2 is 1.83 bits per heavy atom. The van der Waals surface area contributed by atoms with E-state index in [9.17, 15) is 13.2 Å². The molecule has 0 spiro atoms. The molecule has 2 N–H and O–H groups in total. The minimum atomic E-state index is -3.50. The van der Waals surface area contributed by atoms with Gasteiger partial charge in [0.25, 0.3) is 15.8 Å². The highest BCUT2D eigenvalue weighted by Gasteiger charge is 2.15. The van der Waals surface area contributed by atoms with E-state index >= 15 is 0 Å². The Bertz CT molecular complexity index is 921. The number of fused-ring (bicyclic) bond motifs is 2. The molecule has 0 saturated carbocycles. The summed E-state index contributed by atoms with van der Waals surface area (Å²) in [5, 5.41) is 0.810. The number of aromatic amines is 1. The molecule has 0 bridgehead atoms. The van der Waals surface area contributed by atoms with E-state index in [1.54, 1.807) is 12.1 Å². The average Bonchev–Trinajstić information content (AvgIpc) is 2.53. The van der Waals surface area contributed by atoms with Crippen LogP contribution in [0, 0.1) is 0 Å². The Balaban J connectivity index is 1.84. The van der Waals surface area contributed by atoms with Crippen molar-refractivity contribution in [1.29, 1.82) is 0 Å². The molecule has 0 fully saturated rings. The Morgan fingerprint density at radius 1 is 1.17 bits per heavy atom. The van der Waals surface area contributed by atoms with Crippen molar-refractivity contribution in [1.82, 2.24) is 14.0 Å². The van der Waals surface area contributed by atoms with Crippen molar-refractivity contribution in [2.75, 3.05) is 33.9 Å². The highest BCUT2D eigenvalue weighted by molar-refractivity contribution is 7.87. The third kappa shape index (κ3) is 3.37. The van der Waals surface area contributed by atoms with Gasteiger partial charge in [-0.15, -0.1) is 0 Å². The quantitative estimate of drug-likeness (QED) is 0.802. The molecule has 0 radical (unpaired) electrons. The third-order valence-electron chi connectivity index (χ3n) is 3.74. The van der Waals surface area contributed by atoms with Crippen molar-refractivity contribution in [2.24, 2.45) is 0 Å². The number of aromatic nitrogens is 1. The maximum Gasteiger partial charge on any atom is 0.278 e. The first kappa shape index (κ1) is 16.7. The van der Waals surface area contributed by atoms with Gasteiger partial charge in [0.05, 0.1) is 5.52 Å². The molecule has 1 aliphatic rings. The molecule has 0 atom stereocenters. The van der Waals surface area contributed by atoms with Gasteiger partial charge in [-0.2, -0.15) is 12.7 Å². The van der Waals surface area contributed by atoms with Gasteiger partial charge < -0.3 is 14.5 Å². The van der Waals surface area contributed by atoms with E-state index in [0.717, 1.165) is 9.69 Å². The van der Waals surface area contributed by atoms with Gasteiger partial charge in [-0.3, -0.25) is 4.79 Å². The van der Waals surface area contributed by atoms with E-state index < -0.39 is 10.2 Å². The zero-order valence-corrected chi connectivity index (χ0v) is 14.3. The Hall–Kier alpha value is -2.10. The van der Waals surface area contributed by atoms with Crippen LogP contribution in [0.2, 0.25) is 0 Å². The van der Waals surface area contributed by atoms with Gasteiger partial charge >= 0.3 is 0 Å². The number of hydrogen-bond donors (Lipinski definition) is 2. The summed E-state index contributed by atoms with van der Waals surface area (Å²) in [6.45, 7) is 1.10. The SMILES string of the molecule is CN(C)S(=O)(=O)NCCc1cc2cc3c(cc2[nH]c1=O)OCCO3. The zero-order chi connectivity index (χ0) is 17.3. The van der Waals surface area contributed by atoms with E-state index in [0.29, 0.717) is 35.8 Å². The standard InChI is InChI=1S/C15H19N3O5S/c1-18(2)24(20,21)16-4-3-10-7-11-8-13-14(23-6-5-22-13)9-12(11)17-15(10)19/h7-9,16H,3-6H2,1-2H3,(H,17,19). The molecule has 1 aliphatic heterocycles. The maximum atomic E-state index is 12.2. The summed E-state index contributed by atoms with van der Waals surface area (Å²) in [5.41, 5.74) is 0.908. The van der Waals surface area contributed by atoms with Gasteiger partial charge in [-0.05, 0) is 18.6 Å². The minimum Gasteiger partial charge on any atom is -0.486 e. The largest absolute Gasteiger partial charge is 0.486 e. The summed E-state index contributed by atoms with van der Waals surface area (Å²) >= 11 is 0. The Kier molecular flexibility index (Phi) is 4.48. The molecule has 0 unspecified atom stereocenters. The highest BCUT2D eigenvalue weighted by Crippen LogP contribution is 2.33. The number of hydrogen-bond acceptors (Lipinski definition) is 5. The van der Waals surface area contributed by atoms with Gasteiger partial charge in [0.15, 0.2) is 11.5 Å². The van der Waals surface area contributed by atoms with Gasteiger partial charge in [0.2, 0.25) is 0 Å². The van der Waals surface area contributed by atoms with Gasteiger partial charge in [-0.1, -0.05) is 0 Å². The van der Waals surface area contributed by atoms with Crippen molar-refractivity contribution >= 4 is 21.1 Å². The van der Waals surface area contributed by atoms with Crippen LogP contribution in [0.4, 0.5) is 0 Å². The third-order valence-corrected chi connectivity index (χ3v) is 5.27. The fraction of sp³-hybridized carbons (Fsp3) is 0.400. The van der Waals surface area contributed by atoms with Gasteiger partial charge in [-0.25, -0.2) is 4.72 Å². The minimum absolute atomic E-state index is 0.139. The summed E-state index contributed by atoms with van der Waals surface area (Å²) < 4.78 is 37.9. The number of ether oxygens (including phenoxy) is 2. The smallest absolute Gasteiger partial charge is 0.278 e. The molecule has 24 heavy (non-hydrogen) atoms. The maximum absolute atomic E-state index is 12.2. The van der Waals surface area contributed by atoms with Crippen LogP contribution in [-0.2, 0) is 16.6 Å². The Morgan fingerprint density at radius 3 is 2.50 bits per heavy atom. The summed E-state index contributed by atoms with van der Waals surface area (Å²) in [4.78, 5) is 15.0. The molecule has 0 aliphatic carbocycles. The average molecular weight is 353 g/mol. The molecule has 3 rings (SSSR count). The second-order valence-corrected chi connectivity index (χ2v) is 7.61. The van der Waals surface area contributed by atoms with Crippen LogP contribution in [0.3, 0.4) is 0 Å². The molecule has 9 heteroatoms. The fourth-order valence-corrected chi connectivity index (χ4v) is 3.04. The van der Waals surface area contributed by atoms with Crippen LogP contribution in [0.5, 0.6) is 11.5 Å². The summed E-state index contributed by atoms with van der Waals surface area (Å²) in [6, 6.07) is 5.30. The summed E-state index contributed by atoms with van der Waals surface area (Å²) in [5.74, 6) is 1.25. The number of nitrogens with zero attached hydrogens (tertiary/aromatic N) is 1. The molecule has 1 aromatic carbocycles. The first-order valence-electron chi connectivity index (χ1n) is 7.49. The van der Waals surface area contributed by atoms with E-state index in [4.69, 9.17) is 9.47 Å². The number of nitrogens with one attached hydrogen (secondary N) is 2. The summed E-state index contributed by atoms with van der Waals surface area (Å²) in [6.07, 6.45) is 0.285. The van der Waals surface area contributed by atoms with Crippen LogP contribution in [-0.4, -0.2) is 51.6 Å². The molecule has 2 aromatic rings. The number of rotatable bonds is 5. The molecule has 0 amide bonds. The number of H-pyrrole nitrogens is 1. The summed E-state index contributed by atoms with van der Waals surface area (Å²) in [7, 11) is -0.620. The molecular formula is C15H19N3O5S. The van der Waals surface area contributed by atoms with E-state index in [-0.39, 0.29) is 18.5 Å². The number of pyridine rings is 1. The lowest BCUT2D eigenvalue weighted by Gasteiger charge is -2.19. The zero-order valence-electron chi connectivity index (χ0n) is 13.5. The van der Waals surface area contributed by atoms with Gasteiger partial charge in [0.1, 0.15) is 13.2 Å². The molecule has 130 valence electrons. The van der Waals surface area contributed by atoms with Crippen LogP contribution < -0.4 is 19.8 Å². The van der Waals surface area contributed by atoms with Gasteiger partial charge in [0, 0.05) is 37.7 Å². The number of benzene rings is 1. The Labute approximate surface area is 139 Å². The van der Waals surface area contributed by atoms with Crippen molar-refractivity contribution in [2.45, 2.75) is 6.42 Å². The van der Waals surface area contributed by atoms with Crippen molar-refractivity contribution in [3.8, 4) is 11.5 Å². The second kappa shape index (κ2) is 6.42.